The van der Waals surface area contributed by atoms with Crippen LogP contribution in [0.3, 0.4) is 0 Å². The van der Waals surface area contributed by atoms with Crippen LogP contribution >= 0.6 is 11.6 Å². The minimum absolute atomic E-state index is 0.133. The summed E-state index contributed by atoms with van der Waals surface area (Å²) in [6.45, 7) is 4.62. The van der Waals surface area contributed by atoms with Gasteiger partial charge in [0.1, 0.15) is 17.9 Å². The van der Waals surface area contributed by atoms with Gasteiger partial charge in [-0.3, -0.25) is 4.90 Å². The molecule has 3 aromatic rings. The van der Waals surface area contributed by atoms with Gasteiger partial charge < -0.3 is 9.64 Å². The van der Waals surface area contributed by atoms with Crippen molar-refractivity contribution in [1.29, 1.82) is 0 Å². The first-order valence-corrected chi connectivity index (χ1v) is 10.6. The number of ether oxygens (including phenoxy) is 1. The van der Waals surface area contributed by atoms with E-state index in [4.69, 9.17) is 16.3 Å². The van der Waals surface area contributed by atoms with Gasteiger partial charge in [-0.05, 0) is 42.8 Å². The lowest BCUT2D eigenvalue weighted by Gasteiger charge is -2.40. The van der Waals surface area contributed by atoms with Gasteiger partial charge in [0.25, 0.3) is 0 Å². The summed E-state index contributed by atoms with van der Waals surface area (Å²) in [5.74, 6) is 1.80. The molecule has 1 unspecified atom stereocenters. The van der Waals surface area contributed by atoms with Crippen molar-refractivity contribution < 1.29 is 17.9 Å². The van der Waals surface area contributed by atoms with Crippen molar-refractivity contribution in [2.24, 2.45) is 0 Å². The number of nitrogens with zero attached hydrogens (tertiary/aromatic N) is 4. The SMILES string of the molecule is CC1CN(c2cc(Oc3ccc(Cl)cc3)ncn2)CCN1Cc1cccc(C(F)(F)F)c1. The molecule has 1 aliphatic heterocycles. The molecule has 1 atom stereocenters. The second-order valence-corrected chi connectivity index (χ2v) is 8.17. The number of anilines is 1. The fourth-order valence-electron chi connectivity index (χ4n) is 3.70. The molecule has 1 aliphatic rings. The van der Waals surface area contributed by atoms with E-state index in [1.165, 1.54) is 18.5 Å². The fraction of sp³-hybridized carbons (Fsp3) is 0.304. The number of aromatic nitrogens is 2. The first-order valence-electron chi connectivity index (χ1n) is 10.2. The van der Waals surface area contributed by atoms with Crippen LogP contribution in [0.25, 0.3) is 0 Å². The highest BCUT2D eigenvalue weighted by atomic mass is 35.5. The van der Waals surface area contributed by atoms with Crippen LogP contribution in [-0.2, 0) is 12.7 Å². The van der Waals surface area contributed by atoms with Crippen LogP contribution in [0.2, 0.25) is 5.02 Å². The van der Waals surface area contributed by atoms with Gasteiger partial charge in [-0.25, -0.2) is 9.97 Å². The largest absolute Gasteiger partial charge is 0.439 e. The number of rotatable bonds is 5. The molecule has 4 rings (SSSR count). The summed E-state index contributed by atoms with van der Waals surface area (Å²) in [5.41, 5.74) is 0.0382. The number of halogens is 4. The molecule has 1 fully saturated rings. The van der Waals surface area contributed by atoms with Crippen LogP contribution in [0.4, 0.5) is 19.0 Å². The third kappa shape index (κ3) is 5.49. The molecule has 1 saturated heterocycles. The number of piperazine rings is 1. The van der Waals surface area contributed by atoms with Gasteiger partial charge in [0.2, 0.25) is 5.88 Å². The predicted octanol–water partition coefficient (Wildman–Crippen LogP) is 5.65. The Morgan fingerprint density at radius 1 is 1.06 bits per heavy atom. The quantitative estimate of drug-likeness (QED) is 0.490. The van der Waals surface area contributed by atoms with Crippen molar-refractivity contribution in [3.63, 3.8) is 0 Å². The van der Waals surface area contributed by atoms with Crippen LogP contribution in [0.15, 0.2) is 60.9 Å². The summed E-state index contributed by atoms with van der Waals surface area (Å²) in [6, 6.07) is 14.4. The molecular weight excluding hydrogens is 441 g/mol. The minimum Gasteiger partial charge on any atom is -0.439 e. The number of benzene rings is 2. The maximum atomic E-state index is 13.0. The van der Waals surface area contributed by atoms with E-state index < -0.39 is 11.7 Å². The van der Waals surface area contributed by atoms with Crippen LogP contribution in [-0.4, -0.2) is 40.5 Å². The lowest BCUT2D eigenvalue weighted by atomic mass is 10.1. The van der Waals surface area contributed by atoms with Crippen molar-refractivity contribution in [2.45, 2.75) is 25.7 Å². The van der Waals surface area contributed by atoms with Crippen LogP contribution in [0.1, 0.15) is 18.1 Å². The molecular formula is C23H22ClF3N4O. The lowest BCUT2D eigenvalue weighted by molar-refractivity contribution is -0.137. The van der Waals surface area contributed by atoms with Gasteiger partial charge in [-0.15, -0.1) is 0 Å². The molecule has 168 valence electrons. The summed E-state index contributed by atoms with van der Waals surface area (Å²) < 4.78 is 44.8. The predicted molar refractivity (Wildman–Crippen MR) is 117 cm³/mol. The molecule has 0 aliphatic carbocycles. The molecule has 0 bridgehead atoms. The highest BCUT2D eigenvalue weighted by Gasteiger charge is 2.31. The zero-order valence-corrected chi connectivity index (χ0v) is 18.1. The summed E-state index contributed by atoms with van der Waals surface area (Å²) in [7, 11) is 0. The fourth-order valence-corrected chi connectivity index (χ4v) is 3.83. The smallest absolute Gasteiger partial charge is 0.416 e. The topological polar surface area (TPSA) is 41.5 Å². The zero-order valence-electron chi connectivity index (χ0n) is 17.4. The Labute approximate surface area is 189 Å². The van der Waals surface area contributed by atoms with Gasteiger partial charge in [-0.1, -0.05) is 29.8 Å². The monoisotopic (exact) mass is 462 g/mol. The summed E-state index contributed by atoms with van der Waals surface area (Å²) in [6.07, 6.45) is -2.88. The van der Waals surface area contributed by atoms with Gasteiger partial charge in [0, 0.05) is 43.3 Å². The van der Waals surface area contributed by atoms with E-state index in [-0.39, 0.29) is 6.04 Å². The van der Waals surface area contributed by atoms with Crippen LogP contribution < -0.4 is 9.64 Å². The van der Waals surface area contributed by atoms with E-state index in [9.17, 15) is 13.2 Å². The summed E-state index contributed by atoms with van der Waals surface area (Å²) in [5, 5.41) is 0.623. The standard InChI is InChI=1S/C23H22ClF3N4O/c1-16-13-31(10-9-30(16)14-17-3-2-4-18(11-17)23(25,26)27)21-12-22(29-15-28-21)32-20-7-5-19(24)6-8-20/h2-8,11-12,15-16H,9-10,13-14H2,1H3. The van der Waals surface area contributed by atoms with Crippen LogP contribution in [0, 0.1) is 0 Å². The second-order valence-electron chi connectivity index (χ2n) is 7.73. The van der Waals surface area contributed by atoms with Gasteiger partial charge in [0.15, 0.2) is 0 Å². The first-order chi connectivity index (χ1) is 15.3. The summed E-state index contributed by atoms with van der Waals surface area (Å²) in [4.78, 5) is 12.9. The maximum Gasteiger partial charge on any atom is 0.416 e. The highest BCUT2D eigenvalue weighted by Crippen LogP contribution is 2.30. The number of alkyl halides is 3. The molecule has 2 aromatic carbocycles. The number of hydrogen-bond acceptors (Lipinski definition) is 5. The van der Waals surface area contributed by atoms with E-state index in [1.54, 1.807) is 36.4 Å². The minimum atomic E-state index is -4.33. The molecule has 2 heterocycles. The van der Waals surface area contributed by atoms with Crippen molar-refractivity contribution in [1.82, 2.24) is 14.9 Å². The van der Waals surface area contributed by atoms with E-state index >= 15 is 0 Å². The van der Waals surface area contributed by atoms with Gasteiger partial charge >= 0.3 is 6.18 Å². The summed E-state index contributed by atoms with van der Waals surface area (Å²) >= 11 is 5.90. The van der Waals surface area contributed by atoms with E-state index in [2.05, 4.69) is 26.7 Å². The molecule has 32 heavy (non-hydrogen) atoms. The van der Waals surface area contributed by atoms with E-state index in [0.29, 0.717) is 48.4 Å². The van der Waals surface area contributed by atoms with Crippen LogP contribution in [0.5, 0.6) is 11.6 Å². The van der Waals surface area contributed by atoms with Gasteiger partial charge in [-0.2, -0.15) is 13.2 Å². The molecule has 9 heteroatoms. The molecule has 1 aromatic heterocycles. The second kappa shape index (κ2) is 9.34. The van der Waals surface area contributed by atoms with Crippen molar-refractivity contribution in [3.05, 3.63) is 77.1 Å². The Morgan fingerprint density at radius 2 is 1.84 bits per heavy atom. The zero-order chi connectivity index (χ0) is 22.7. The third-order valence-corrected chi connectivity index (χ3v) is 5.64. The Bertz CT molecular complexity index is 1060. The third-order valence-electron chi connectivity index (χ3n) is 5.39. The first kappa shape index (κ1) is 22.4. The Kier molecular flexibility index (Phi) is 6.53. The van der Waals surface area contributed by atoms with E-state index in [0.717, 1.165) is 11.9 Å². The average Bonchev–Trinajstić information content (AvgIpc) is 2.77. The maximum absolute atomic E-state index is 13.0. The highest BCUT2D eigenvalue weighted by molar-refractivity contribution is 6.30. The molecule has 0 radical (unpaired) electrons. The molecule has 0 amide bonds. The lowest BCUT2D eigenvalue weighted by Crippen LogP contribution is -2.51. The Balaban J connectivity index is 1.40. The van der Waals surface area contributed by atoms with Crippen molar-refractivity contribution >= 4 is 17.4 Å². The van der Waals surface area contributed by atoms with Crippen molar-refractivity contribution in [2.75, 3.05) is 24.5 Å². The molecule has 0 N–H and O–H groups in total. The van der Waals surface area contributed by atoms with Gasteiger partial charge in [0.05, 0.1) is 5.56 Å². The Hall–Kier alpha value is -2.84. The van der Waals surface area contributed by atoms with Crippen molar-refractivity contribution in [3.8, 4) is 11.6 Å². The Morgan fingerprint density at radius 3 is 2.56 bits per heavy atom. The number of hydrogen-bond donors (Lipinski definition) is 0. The molecule has 0 saturated carbocycles. The molecule has 5 nitrogen and oxygen atoms in total. The molecule has 0 spiro atoms. The van der Waals surface area contributed by atoms with E-state index in [1.807, 2.05) is 0 Å². The average molecular weight is 463 g/mol. The normalized spacial score (nSPS) is 17.4.